The zero-order valence-corrected chi connectivity index (χ0v) is 10.2. The summed E-state index contributed by atoms with van der Waals surface area (Å²) in [7, 11) is -1.01. The third kappa shape index (κ3) is 4.10. The van der Waals surface area contributed by atoms with Crippen LogP contribution >= 0.6 is 0 Å². The third-order valence-electron chi connectivity index (χ3n) is 3.05. The highest BCUT2D eigenvalue weighted by molar-refractivity contribution is 6.82. The molecule has 0 radical (unpaired) electrons. The van der Waals surface area contributed by atoms with Crippen molar-refractivity contribution in [2.75, 3.05) is 19.6 Å². The Morgan fingerprint density at radius 1 is 1.31 bits per heavy atom. The molecule has 0 aromatic rings. The molecule has 0 unspecified atom stereocenters. The van der Waals surface area contributed by atoms with Crippen molar-refractivity contribution >= 4 is 8.07 Å². The summed E-state index contributed by atoms with van der Waals surface area (Å²) in [6.07, 6.45) is 4.22. The van der Waals surface area contributed by atoms with Gasteiger partial charge in [0, 0.05) is 0 Å². The fourth-order valence-electron chi connectivity index (χ4n) is 1.87. The minimum absolute atomic E-state index is 1.01. The Bertz CT molecular complexity index is 159. The molecule has 0 spiro atoms. The van der Waals surface area contributed by atoms with E-state index in [0.717, 1.165) is 0 Å². The van der Waals surface area contributed by atoms with Gasteiger partial charge in [0.25, 0.3) is 0 Å². The van der Waals surface area contributed by atoms with E-state index in [1.165, 1.54) is 44.9 Å². The number of nitrogens with zero attached hydrogens (tertiary/aromatic N) is 1. The van der Waals surface area contributed by atoms with E-state index in [-0.39, 0.29) is 0 Å². The molecule has 1 nitrogen and oxygen atoms in total. The van der Waals surface area contributed by atoms with E-state index < -0.39 is 8.07 Å². The minimum atomic E-state index is -1.01. The van der Waals surface area contributed by atoms with Crippen molar-refractivity contribution in [1.82, 2.24) is 4.90 Å². The van der Waals surface area contributed by atoms with Gasteiger partial charge in [0.15, 0.2) is 0 Å². The fourth-order valence-corrected chi connectivity index (χ4v) is 3.14. The first-order chi connectivity index (χ1) is 6.14. The van der Waals surface area contributed by atoms with E-state index in [1.54, 1.807) is 0 Å². The molecule has 1 aliphatic rings. The summed E-state index contributed by atoms with van der Waals surface area (Å²) in [5.74, 6) is 0. The molecule has 1 heterocycles. The van der Waals surface area contributed by atoms with Gasteiger partial charge in [-0.05, 0) is 38.9 Å². The minimum Gasteiger partial charge on any atom is -0.303 e. The highest BCUT2D eigenvalue weighted by Crippen LogP contribution is 2.15. The maximum absolute atomic E-state index is 3.93. The van der Waals surface area contributed by atoms with Crippen molar-refractivity contribution in [3.63, 3.8) is 0 Å². The van der Waals surface area contributed by atoms with Crippen LogP contribution in [0.25, 0.3) is 0 Å². The standard InChI is InChI=1S/C11H23NSi/c1-4-13(2,3)11-7-10-12-8-5-6-9-12/h4H,1,5-11H2,2-3H3. The summed E-state index contributed by atoms with van der Waals surface area (Å²) in [6.45, 7) is 12.8. The maximum atomic E-state index is 3.93. The second kappa shape index (κ2) is 4.96. The van der Waals surface area contributed by atoms with Crippen LogP contribution in [0.1, 0.15) is 19.3 Å². The second-order valence-corrected chi connectivity index (χ2v) is 9.73. The molecule has 0 aromatic heterocycles. The molecule has 1 aliphatic heterocycles. The molecular formula is C11H23NSi. The van der Waals surface area contributed by atoms with E-state index in [9.17, 15) is 0 Å². The van der Waals surface area contributed by atoms with Crippen LogP contribution in [0.5, 0.6) is 0 Å². The first kappa shape index (κ1) is 11.0. The lowest BCUT2D eigenvalue weighted by Gasteiger charge is -2.20. The van der Waals surface area contributed by atoms with Gasteiger partial charge >= 0.3 is 0 Å². The SMILES string of the molecule is C=C[Si](C)(C)CCCN1CCCC1. The number of hydrogen-bond donors (Lipinski definition) is 0. The molecule has 0 aromatic carbocycles. The molecule has 2 heteroatoms. The van der Waals surface area contributed by atoms with Gasteiger partial charge in [-0.2, -0.15) is 0 Å². The topological polar surface area (TPSA) is 3.24 Å². The molecule has 13 heavy (non-hydrogen) atoms. The lowest BCUT2D eigenvalue weighted by molar-refractivity contribution is 0.339. The van der Waals surface area contributed by atoms with Crippen LogP contribution in [0.3, 0.4) is 0 Å². The average molecular weight is 197 g/mol. The Kier molecular flexibility index (Phi) is 4.20. The molecule has 76 valence electrons. The van der Waals surface area contributed by atoms with Gasteiger partial charge < -0.3 is 4.90 Å². The van der Waals surface area contributed by atoms with E-state index in [0.29, 0.717) is 0 Å². The first-order valence-corrected chi connectivity index (χ1v) is 8.78. The molecule has 0 atom stereocenters. The number of rotatable bonds is 5. The first-order valence-electron chi connectivity index (χ1n) is 5.50. The van der Waals surface area contributed by atoms with Crippen LogP contribution < -0.4 is 0 Å². The van der Waals surface area contributed by atoms with Crippen LogP contribution in [0, 0.1) is 0 Å². The largest absolute Gasteiger partial charge is 0.303 e. The predicted octanol–water partition coefficient (Wildman–Crippen LogP) is 2.91. The summed E-state index contributed by atoms with van der Waals surface area (Å²) >= 11 is 0. The quantitative estimate of drug-likeness (QED) is 0.613. The van der Waals surface area contributed by atoms with Crippen molar-refractivity contribution in [2.45, 2.75) is 38.4 Å². The Morgan fingerprint density at radius 2 is 1.92 bits per heavy atom. The second-order valence-electron chi connectivity index (χ2n) is 4.85. The molecule has 1 saturated heterocycles. The van der Waals surface area contributed by atoms with Crippen molar-refractivity contribution in [1.29, 1.82) is 0 Å². The van der Waals surface area contributed by atoms with Crippen molar-refractivity contribution in [3.05, 3.63) is 12.3 Å². The smallest absolute Gasteiger partial charge is 0.0710 e. The summed E-state index contributed by atoms with van der Waals surface area (Å²) < 4.78 is 0. The normalized spacial score (nSPS) is 19.2. The van der Waals surface area contributed by atoms with Gasteiger partial charge in [-0.25, -0.2) is 0 Å². The lowest BCUT2D eigenvalue weighted by Crippen LogP contribution is -2.26. The zero-order chi connectivity index (χ0) is 9.73. The molecule has 1 rings (SSSR count). The molecule has 1 fully saturated rings. The summed E-state index contributed by atoms with van der Waals surface area (Å²) in [6, 6.07) is 1.41. The van der Waals surface area contributed by atoms with Crippen molar-refractivity contribution in [3.8, 4) is 0 Å². The molecule has 0 N–H and O–H groups in total. The van der Waals surface area contributed by atoms with E-state index >= 15 is 0 Å². The molecular weight excluding hydrogens is 174 g/mol. The van der Waals surface area contributed by atoms with Crippen LogP contribution in [-0.2, 0) is 0 Å². The fraction of sp³-hybridized carbons (Fsp3) is 0.818. The number of likely N-dealkylation sites (tertiary alicyclic amines) is 1. The van der Waals surface area contributed by atoms with E-state index in [4.69, 9.17) is 0 Å². The number of hydrogen-bond acceptors (Lipinski definition) is 1. The molecule has 0 amide bonds. The Labute approximate surface area is 83.8 Å². The van der Waals surface area contributed by atoms with Crippen molar-refractivity contribution < 1.29 is 0 Å². The summed E-state index contributed by atoms with van der Waals surface area (Å²) in [4.78, 5) is 2.60. The highest BCUT2D eigenvalue weighted by Gasteiger charge is 2.17. The van der Waals surface area contributed by atoms with Crippen LogP contribution in [-0.4, -0.2) is 32.6 Å². The monoisotopic (exact) mass is 197 g/mol. The predicted molar refractivity (Wildman–Crippen MR) is 62.8 cm³/mol. The van der Waals surface area contributed by atoms with Crippen LogP contribution in [0.2, 0.25) is 19.1 Å². The highest BCUT2D eigenvalue weighted by atomic mass is 28.3. The van der Waals surface area contributed by atoms with Gasteiger partial charge in [0.05, 0.1) is 8.07 Å². The Morgan fingerprint density at radius 3 is 2.46 bits per heavy atom. The summed E-state index contributed by atoms with van der Waals surface area (Å²) in [5.41, 5.74) is 2.22. The van der Waals surface area contributed by atoms with Gasteiger partial charge in [0.2, 0.25) is 0 Å². The maximum Gasteiger partial charge on any atom is 0.0710 e. The van der Waals surface area contributed by atoms with Gasteiger partial charge in [-0.1, -0.05) is 19.1 Å². The zero-order valence-electron chi connectivity index (χ0n) is 9.18. The van der Waals surface area contributed by atoms with Crippen molar-refractivity contribution in [2.24, 2.45) is 0 Å². The average Bonchev–Trinajstić information content (AvgIpc) is 2.57. The summed E-state index contributed by atoms with van der Waals surface area (Å²) in [5, 5.41) is 0. The van der Waals surface area contributed by atoms with Gasteiger partial charge in [0.1, 0.15) is 0 Å². The lowest BCUT2D eigenvalue weighted by atomic mass is 10.4. The molecule has 0 saturated carbocycles. The molecule has 0 bridgehead atoms. The van der Waals surface area contributed by atoms with Gasteiger partial charge in [-0.3, -0.25) is 0 Å². The van der Waals surface area contributed by atoms with E-state index in [1.807, 2.05) is 0 Å². The molecule has 0 aliphatic carbocycles. The third-order valence-corrected chi connectivity index (χ3v) is 5.79. The van der Waals surface area contributed by atoms with E-state index in [2.05, 4.69) is 30.3 Å². The van der Waals surface area contributed by atoms with Gasteiger partial charge in [-0.15, -0.1) is 12.3 Å². The van der Waals surface area contributed by atoms with Crippen LogP contribution in [0.4, 0.5) is 0 Å². The Balaban J connectivity index is 2.09. The van der Waals surface area contributed by atoms with Crippen LogP contribution in [0.15, 0.2) is 12.3 Å². The Hall–Kier alpha value is -0.0831.